The Labute approximate surface area is 188 Å². The average molecular weight is 423 g/mol. The number of nitrogens with zero attached hydrogens (tertiary/aromatic N) is 3. The van der Waals surface area contributed by atoms with Crippen LogP contribution in [-0.4, -0.2) is 14.4 Å². The highest BCUT2D eigenvalue weighted by molar-refractivity contribution is 6.17. The van der Waals surface area contributed by atoms with Crippen molar-refractivity contribution in [1.82, 2.24) is 14.4 Å². The summed E-state index contributed by atoms with van der Waals surface area (Å²) < 4.78 is 2.22. The smallest absolute Gasteiger partial charge is 0.197 e. The van der Waals surface area contributed by atoms with Gasteiger partial charge in [0.05, 0.1) is 27.9 Å². The van der Waals surface area contributed by atoms with Crippen LogP contribution < -0.4 is 5.43 Å². The predicted octanol–water partition coefficient (Wildman–Crippen LogP) is 6.32. The van der Waals surface area contributed by atoms with Gasteiger partial charge in [0.15, 0.2) is 5.43 Å². The number of para-hydroxylation sites is 2. The van der Waals surface area contributed by atoms with Crippen LogP contribution in [0.25, 0.3) is 60.6 Å². The highest BCUT2D eigenvalue weighted by Crippen LogP contribution is 2.36. The third-order valence-corrected chi connectivity index (χ3v) is 6.44. The van der Waals surface area contributed by atoms with E-state index in [1.165, 1.54) is 0 Å². The standard InChI is InChI=1S/C29H17N3O/c33-29-22-9-4-5-12-24(22)32-25-17-19(13-14-20(25)21-10-6-11-23(29)28(21)32)27-26(30-15-16-31-27)18-7-2-1-3-8-18/h1-17H. The second-order valence-corrected chi connectivity index (χ2v) is 8.23. The lowest BCUT2D eigenvalue weighted by atomic mass is 10.0. The minimum absolute atomic E-state index is 0.0759. The van der Waals surface area contributed by atoms with Crippen LogP contribution in [-0.2, 0) is 0 Å². The number of hydrogen-bond acceptors (Lipinski definition) is 3. The Morgan fingerprint density at radius 3 is 2.09 bits per heavy atom. The molecule has 0 fully saturated rings. The van der Waals surface area contributed by atoms with E-state index in [0.29, 0.717) is 0 Å². The molecule has 3 heterocycles. The van der Waals surface area contributed by atoms with E-state index < -0.39 is 0 Å². The molecule has 4 nitrogen and oxygen atoms in total. The van der Waals surface area contributed by atoms with Crippen LogP contribution in [0.4, 0.5) is 0 Å². The molecule has 0 bridgehead atoms. The maximum absolute atomic E-state index is 13.2. The molecule has 0 aliphatic rings. The van der Waals surface area contributed by atoms with Crippen LogP contribution in [0.5, 0.6) is 0 Å². The van der Waals surface area contributed by atoms with Gasteiger partial charge < -0.3 is 4.40 Å². The molecular weight excluding hydrogens is 406 g/mol. The van der Waals surface area contributed by atoms with Gasteiger partial charge in [0.25, 0.3) is 0 Å². The normalized spacial score (nSPS) is 11.8. The molecule has 0 N–H and O–H groups in total. The number of pyridine rings is 1. The Kier molecular flexibility index (Phi) is 3.67. The maximum Gasteiger partial charge on any atom is 0.197 e. The van der Waals surface area contributed by atoms with E-state index in [0.717, 1.165) is 60.6 Å². The molecule has 0 spiro atoms. The summed E-state index contributed by atoms with van der Waals surface area (Å²) in [7, 11) is 0. The fraction of sp³-hybridized carbons (Fsp3) is 0. The van der Waals surface area contributed by atoms with Crippen LogP contribution in [0.2, 0.25) is 0 Å². The summed E-state index contributed by atoms with van der Waals surface area (Å²) in [5.74, 6) is 0. The molecule has 4 aromatic carbocycles. The van der Waals surface area contributed by atoms with Crippen LogP contribution in [0, 0.1) is 0 Å². The van der Waals surface area contributed by atoms with Gasteiger partial charge in [-0.2, -0.15) is 0 Å². The van der Waals surface area contributed by atoms with Gasteiger partial charge in [-0.1, -0.05) is 66.7 Å². The van der Waals surface area contributed by atoms with Crippen LogP contribution >= 0.6 is 0 Å². The second kappa shape index (κ2) is 6.71. The molecule has 3 aromatic heterocycles. The van der Waals surface area contributed by atoms with Gasteiger partial charge >= 0.3 is 0 Å². The molecule has 0 atom stereocenters. The summed E-state index contributed by atoms with van der Waals surface area (Å²) in [5.41, 5.74) is 6.72. The highest BCUT2D eigenvalue weighted by atomic mass is 16.1. The van der Waals surface area contributed by atoms with Gasteiger partial charge in [-0.05, 0) is 24.3 Å². The van der Waals surface area contributed by atoms with E-state index in [9.17, 15) is 4.79 Å². The molecule has 0 amide bonds. The fourth-order valence-corrected chi connectivity index (χ4v) is 5.01. The third-order valence-electron chi connectivity index (χ3n) is 6.44. The lowest BCUT2D eigenvalue weighted by molar-refractivity contribution is 1.21. The summed E-state index contributed by atoms with van der Waals surface area (Å²) in [6.07, 6.45) is 3.46. The maximum atomic E-state index is 13.2. The van der Waals surface area contributed by atoms with Crippen LogP contribution in [0.3, 0.4) is 0 Å². The van der Waals surface area contributed by atoms with Gasteiger partial charge in [0, 0.05) is 45.1 Å². The summed E-state index contributed by atoms with van der Waals surface area (Å²) in [6, 6.07) is 30.3. The van der Waals surface area contributed by atoms with E-state index in [-0.39, 0.29) is 5.43 Å². The molecule has 33 heavy (non-hydrogen) atoms. The summed E-state index contributed by atoms with van der Waals surface area (Å²) in [6.45, 7) is 0. The molecule has 0 aliphatic carbocycles. The highest BCUT2D eigenvalue weighted by Gasteiger charge is 2.18. The van der Waals surface area contributed by atoms with Crippen LogP contribution in [0.1, 0.15) is 0 Å². The Morgan fingerprint density at radius 2 is 1.24 bits per heavy atom. The predicted molar refractivity (Wildman–Crippen MR) is 134 cm³/mol. The molecule has 0 saturated heterocycles. The van der Waals surface area contributed by atoms with Gasteiger partial charge in [-0.25, -0.2) is 0 Å². The number of fused-ring (bicyclic) bond motifs is 5. The van der Waals surface area contributed by atoms with Crippen molar-refractivity contribution in [3.63, 3.8) is 0 Å². The zero-order valence-corrected chi connectivity index (χ0v) is 17.6. The number of hydrogen-bond donors (Lipinski definition) is 0. The molecule has 0 saturated carbocycles. The summed E-state index contributed by atoms with van der Waals surface area (Å²) in [5, 5.41) is 3.67. The molecule has 0 aliphatic heterocycles. The van der Waals surface area contributed by atoms with Crippen molar-refractivity contribution in [2.75, 3.05) is 0 Å². The van der Waals surface area contributed by atoms with Gasteiger partial charge in [0.1, 0.15) is 0 Å². The second-order valence-electron chi connectivity index (χ2n) is 8.23. The van der Waals surface area contributed by atoms with Crippen molar-refractivity contribution in [3.8, 4) is 22.5 Å². The van der Waals surface area contributed by atoms with E-state index in [2.05, 4.69) is 45.8 Å². The first-order valence-corrected chi connectivity index (χ1v) is 10.9. The topological polar surface area (TPSA) is 47.3 Å². The van der Waals surface area contributed by atoms with Crippen molar-refractivity contribution in [2.45, 2.75) is 0 Å². The minimum atomic E-state index is 0.0759. The zero-order valence-electron chi connectivity index (χ0n) is 17.6. The van der Waals surface area contributed by atoms with E-state index in [1.54, 1.807) is 12.4 Å². The summed E-state index contributed by atoms with van der Waals surface area (Å²) >= 11 is 0. The Hall–Kier alpha value is -4.57. The van der Waals surface area contributed by atoms with E-state index in [4.69, 9.17) is 4.98 Å². The lowest BCUT2D eigenvalue weighted by Crippen LogP contribution is -2.05. The zero-order chi connectivity index (χ0) is 21.9. The molecule has 7 rings (SSSR count). The van der Waals surface area contributed by atoms with Gasteiger partial charge in [0.2, 0.25) is 0 Å². The SMILES string of the molecule is O=c1c2ccccc2n2c3cc(-c4nccnc4-c4ccccc4)ccc3c3cccc1c32. The average Bonchev–Trinajstić information content (AvgIpc) is 3.22. The fourth-order valence-electron chi connectivity index (χ4n) is 5.01. The Bertz CT molecular complexity index is 1890. The third kappa shape index (κ3) is 2.49. The first kappa shape index (κ1) is 18.0. The van der Waals surface area contributed by atoms with Crippen LogP contribution in [0.15, 0.2) is 108 Å². The first-order chi connectivity index (χ1) is 16.3. The Morgan fingerprint density at radius 1 is 0.545 bits per heavy atom. The quantitative estimate of drug-likeness (QED) is 0.306. The first-order valence-electron chi connectivity index (χ1n) is 10.9. The Balaban J connectivity index is 1.62. The largest absolute Gasteiger partial charge is 0.308 e. The minimum Gasteiger partial charge on any atom is -0.308 e. The van der Waals surface area contributed by atoms with Crippen molar-refractivity contribution in [1.29, 1.82) is 0 Å². The van der Waals surface area contributed by atoms with Gasteiger partial charge in [-0.3, -0.25) is 14.8 Å². The van der Waals surface area contributed by atoms with Crippen molar-refractivity contribution < 1.29 is 0 Å². The van der Waals surface area contributed by atoms with Crippen molar-refractivity contribution >= 4 is 38.1 Å². The van der Waals surface area contributed by atoms with E-state index >= 15 is 0 Å². The molecule has 0 unspecified atom stereocenters. The molecule has 7 aromatic rings. The molecular formula is C29H17N3O. The number of benzene rings is 4. The van der Waals surface area contributed by atoms with Crippen molar-refractivity contribution in [2.24, 2.45) is 0 Å². The lowest BCUT2D eigenvalue weighted by Gasteiger charge is -2.09. The molecule has 154 valence electrons. The molecule has 0 radical (unpaired) electrons. The number of rotatable bonds is 2. The molecule has 4 heteroatoms. The van der Waals surface area contributed by atoms with E-state index in [1.807, 2.05) is 54.6 Å². The van der Waals surface area contributed by atoms with Gasteiger partial charge in [-0.15, -0.1) is 0 Å². The summed E-state index contributed by atoms with van der Waals surface area (Å²) in [4.78, 5) is 22.6. The van der Waals surface area contributed by atoms with Crippen molar-refractivity contribution in [3.05, 3.63) is 114 Å². The number of aromatic nitrogens is 3. The monoisotopic (exact) mass is 423 g/mol.